The number of benzene rings is 2. The fourth-order valence-electron chi connectivity index (χ4n) is 4.97. The maximum atomic E-state index is 13.5. The number of fused-ring (bicyclic) bond motifs is 3. The minimum Gasteiger partial charge on any atom is -0.462 e. The molecule has 0 atom stereocenters. The lowest BCUT2D eigenvalue weighted by molar-refractivity contribution is -0.136. The number of rotatable bonds is 4. The van der Waals surface area contributed by atoms with Crippen molar-refractivity contribution in [3.63, 3.8) is 0 Å². The van der Waals surface area contributed by atoms with E-state index in [0.29, 0.717) is 17.8 Å². The zero-order valence-corrected chi connectivity index (χ0v) is 21.7. The summed E-state index contributed by atoms with van der Waals surface area (Å²) in [6, 6.07) is 9.70. The van der Waals surface area contributed by atoms with Gasteiger partial charge < -0.3 is 24.7 Å². The zero-order valence-electron chi connectivity index (χ0n) is 21.7. The largest absolute Gasteiger partial charge is 0.462 e. The molecule has 0 spiro atoms. The third kappa shape index (κ3) is 4.83. The third-order valence-electron chi connectivity index (χ3n) is 6.70. The molecule has 2 aliphatic rings. The summed E-state index contributed by atoms with van der Waals surface area (Å²) in [5, 5.41) is 3.31. The maximum Gasteiger partial charge on any atom is 0.423 e. The quantitative estimate of drug-likeness (QED) is 0.485. The fourth-order valence-corrected chi connectivity index (χ4v) is 4.97. The van der Waals surface area contributed by atoms with Crippen molar-refractivity contribution < 1.29 is 33.0 Å². The Bertz CT molecular complexity index is 1520. The molecule has 0 bridgehead atoms. The van der Waals surface area contributed by atoms with Crippen LogP contribution in [0.2, 0.25) is 0 Å². The summed E-state index contributed by atoms with van der Waals surface area (Å²) in [4.78, 5) is 56.5. The second-order valence-electron chi connectivity index (χ2n) is 9.92. The Labute approximate surface area is 223 Å². The van der Waals surface area contributed by atoms with Gasteiger partial charge in [-0.2, -0.15) is 0 Å². The summed E-state index contributed by atoms with van der Waals surface area (Å²) >= 11 is 0. The number of halogens is 1. The topological polar surface area (TPSA) is 121 Å². The maximum absolute atomic E-state index is 13.5. The van der Waals surface area contributed by atoms with Crippen molar-refractivity contribution in [3.05, 3.63) is 71.3 Å². The molecule has 0 aliphatic carbocycles. The van der Waals surface area contributed by atoms with E-state index >= 15 is 0 Å². The second kappa shape index (κ2) is 9.90. The first-order valence-corrected chi connectivity index (χ1v) is 12.5. The standard InChI is InChI=1S/C28H27FN4O6/c1-4-38-25(35)20-14-32(24(34)16-5-7-17(29)8-6-16)15-28(2,3)22-19-10-9-18(13-21(19)31-23(20)22)39-27(37)33-12-11-30-26(33)36/h5-10,13-14,31H,4,11-12,15H2,1-3H3,(H,30,36). The minimum atomic E-state index is -0.792. The van der Waals surface area contributed by atoms with Crippen molar-refractivity contribution in [2.45, 2.75) is 26.2 Å². The number of urea groups is 1. The minimum absolute atomic E-state index is 0.130. The van der Waals surface area contributed by atoms with E-state index in [0.717, 1.165) is 15.8 Å². The van der Waals surface area contributed by atoms with Crippen LogP contribution in [0.25, 0.3) is 16.5 Å². The number of hydrogen-bond acceptors (Lipinski definition) is 6. The molecule has 5 rings (SSSR count). The zero-order chi connectivity index (χ0) is 27.9. The van der Waals surface area contributed by atoms with Crippen LogP contribution in [0.5, 0.6) is 5.75 Å². The predicted octanol–water partition coefficient (Wildman–Crippen LogP) is 4.17. The number of imide groups is 1. The van der Waals surface area contributed by atoms with Crippen LogP contribution < -0.4 is 10.1 Å². The average Bonchev–Trinajstić information content (AvgIpc) is 3.47. The number of hydrogen-bond donors (Lipinski definition) is 2. The van der Waals surface area contributed by atoms with Gasteiger partial charge in [-0.15, -0.1) is 0 Å². The molecule has 4 amide bonds. The predicted molar refractivity (Wildman–Crippen MR) is 139 cm³/mol. The van der Waals surface area contributed by atoms with Gasteiger partial charge in [0.2, 0.25) is 0 Å². The van der Waals surface area contributed by atoms with Crippen LogP contribution in [0.4, 0.5) is 14.0 Å². The number of carbonyl (C=O) groups is 4. The summed E-state index contributed by atoms with van der Waals surface area (Å²) < 4.78 is 24.2. The van der Waals surface area contributed by atoms with E-state index in [9.17, 15) is 23.6 Å². The van der Waals surface area contributed by atoms with E-state index in [1.165, 1.54) is 35.4 Å². The lowest BCUT2D eigenvalue weighted by Gasteiger charge is -2.29. The molecular formula is C28H27FN4O6. The Balaban J connectivity index is 1.56. The van der Waals surface area contributed by atoms with Crippen molar-refractivity contribution in [1.29, 1.82) is 0 Å². The first-order valence-electron chi connectivity index (χ1n) is 12.5. The fraction of sp³-hybridized carbons (Fsp3) is 0.286. The van der Waals surface area contributed by atoms with Gasteiger partial charge in [-0.3, -0.25) is 4.79 Å². The van der Waals surface area contributed by atoms with E-state index in [2.05, 4.69) is 10.3 Å². The summed E-state index contributed by atoms with van der Waals surface area (Å²) in [7, 11) is 0. The lowest BCUT2D eigenvalue weighted by atomic mass is 9.81. The number of ether oxygens (including phenoxy) is 2. The molecule has 11 heteroatoms. The Kier molecular flexibility index (Phi) is 6.59. The monoisotopic (exact) mass is 534 g/mol. The summed E-state index contributed by atoms with van der Waals surface area (Å²) in [5.41, 5.74) is 1.63. The molecule has 1 fully saturated rings. The van der Waals surface area contributed by atoms with Crippen LogP contribution in [0.15, 0.2) is 48.7 Å². The van der Waals surface area contributed by atoms with Crippen LogP contribution in [0.1, 0.15) is 42.4 Å². The van der Waals surface area contributed by atoms with Crippen molar-refractivity contribution >= 4 is 40.5 Å². The molecular weight excluding hydrogens is 507 g/mol. The van der Waals surface area contributed by atoms with Gasteiger partial charge in [0, 0.05) is 47.2 Å². The summed E-state index contributed by atoms with van der Waals surface area (Å²) in [5.74, 6) is -1.25. The van der Waals surface area contributed by atoms with Gasteiger partial charge in [-0.25, -0.2) is 23.7 Å². The van der Waals surface area contributed by atoms with Crippen LogP contribution >= 0.6 is 0 Å². The molecule has 202 valence electrons. The molecule has 1 saturated heterocycles. The number of aromatic amines is 1. The van der Waals surface area contributed by atoms with Crippen LogP contribution in [0.3, 0.4) is 0 Å². The molecule has 2 aliphatic heterocycles. The van der Waals surface area contributed by atoms with Crippen LogP contribution in [0, 0.1) is 5.82 Å². The van der Waals surface area contributed by atoms with E-state index < -0.39 is 29.3 Å². The van der Waals surface area contributed by atoms with Crippen LogP contribution in [-0.2, 0) is 14.9 Å². The SMILES string of the molecule is CCOC(=O)C1=CN(C(=O)c2ccc(F)cc2)CC(C)(C)c2c1[nH]c1cc(OC(=O)N3CCNC3=O)ccc21. The van der Waals surface area contributed by atoms with Gasteiger partial charge in [0.15, 0.2) is 0 Å². The number of amides is 4. The van der Waals surface area contributed by atoms with E-state index in [-0.39, 0.29) is 42.5 Å². The van der Waals surface area contributed by atoms with E-state index in [1.54, 1.807) is 25.1 Å². The van der Waals surface area contributed by atoms with Crippen molar-refractivity contribution in [3.8, 4) is 5.75 Å². The van der Waals surface area contributed by atoms with Gasteiger partial charge in [0.05, 0.1) is 24.4 Å². The second-order valence-corrected chi connectivity index (χ2v) is 9.92. The smallest absolute Gasteiger partial charge is 0.423 e. The first-order chi connectivity index (χ1) is 18.6. The number of H-pyrrole nitrogens is 1. The van der Waals surface area contributed by atoms with E-state index in [1.807, 2.05) is 13.8 Å². The highest BCUT2D eigenvalue weighted by atomic mass is 19.1. The van der Waals surface area contributed by atoms with E-state index in [4.69, 9.17) is 9.47 Å². The summed E-state index contributed by atoms with van der Waals surface area (Å²) in [6.45, 7) is 6.50. The van der Waals surface area contributed by atoms with Gasteiger partial charge in [0.1, 0.15) is 11.6 Å². The Morgan fingerprint density at radius 2 is 1.85 bits per heavy atom. The molecule has 0 unspecified atom stereocenters. The number of carbonyl (C=O) groups excluding carboxylic acids is 4. The first kappa shape index (κ1) is 26.0. The van der Waals surface area contributed by atoms with Gasteiger partial charge >= 0.3 is 18.1 Å². The molecule has 2 N–H and O–H groups in total. The third-order valence-corrected chi connectivity index (χ3v) is 6.70. The van der Waals surface area contributed by atoms with Crippen molar-refractivity contribution in [2.24, 2.45) is 0 Å². The van der Waals surface area contributed by atoms with Gasteiger partial charge in [-0.1, -0.05) is 13.8 Å². The summed E-state index contributed by atoms with van der Waals surface area (Å²) in [6.07, 6.45) is 0.666. The molecule has 1 aromatic heterocycles. The van der Waals surface area contributed by atoms with Crippen LogP contribution in [-0.4, -0.2) is 65.0 Å². The Morgan fingerprint density at radius 3 is 2.51 bits per heavy atom. The molecule has 39 heavy (non-hydrogen) atoms. The Hall–Kier alpha value is -4.67. The van der Waals surface area contributed by atoms with Gasteiger partial charge in [0.25, 0.3) is 5.91 Å². The molecule has 0 saturated carbocycles. The normalized spacial score (nSPS) is 16.3. The highest BCUT2D eigenvalue weighted by Crippen LogP contribution is 2.41. The molecule has 2 aromatic carbocycles. The highest BCUT2D eigenvalue weighted by Gasteiger charge is 2.38. The molecule has 3 aromatic rings. The average molecular weight is 535 g/mol. The Morgan fingerprint density at radius 1 is 1.10 bits per heavy atom. The lowest BCUT2D eigenvalue weighted by Crippen LogP contribution is -2.37. The number of aromatic nitrogens is 1. The number of esters is 1. The number of nitrogens with one attached hydrogen (secondary N) is 2. The van der Waals surface area contributed by atoms with Crippen molar-refractivity contribution in [1.82, 2.24) is 20.1 Å². The molecule has 10 nitrogen and oxygen atoms in total. The molecule has 3 heterocycles. The highest BCUT2D eigenvalue weighted by molar-refractivity contribution is 6.18. The number of nitrogens with zero attached hydrogens (tertiary/aromatic N) is 2. The molecule has 0 radical (unpaired) electrons. The van der Waals surface area contributed by atoms with Crippen molar-refractivity contribution in [2.75, 3.05) is 26.2 Å². The van der Waals surface area contributed by atoms with Gasteiger partial charge in [-0.05, 0) is 48.9 Å².